The van der Waals surface area contributed by atoms with Crippen molar-refractivity contribution in [3.63, 3.8) is 0 Å². The van der Waals surface area contributed by atoms with E-state index in [4.69, 9.17) is 19.8 Å². The van der Waals surface area contributed by atoms with Crippen LogP contribution in [0.4, 0.5) is 0 Å². The average Bonchev–Trinajstić information content (AvgIpc) is 2.03. The Morgan fingerprint density at radius 3 is 1.62 bits per heavy atom. The van der Waals surface area contributed by atoms with Crippen LogP contribution in [0, 0.1) is 0 Å². The van der Waals surface area contributed by atoms with Gasteiger partial charge in [0.2, 0.25) is 0 Å². The summed E-state index contributed by atoms with van der Waals surface area (Å²) in [5.74, 6) is 0. The maximum absolute atomic E-state index is 8.42. The van der Waals surface area contributed by atoms with Crippen molar-refractivity contribution in [2.24, 2.45) is 0 Å². The van der Waals surface area contributed by atoms with Crippen LogP contribution in [0.15, 0.2) is 0 Å². The summed E-state index contributed by atoms with van der Waals surface area (Å²) in [5, 5.41) is 8.42. The molecule has 0 amide bonds. The lowest BCUT2D eigenvalue weighted by Gasteiger charge is -1.95. The molecular weight excluding hydrogens is 191 g/mol. The predicted molar refractivity (Wildman–Crippen MR) is 54.0 cm³/mol. The molecule has 5 heteroatoms. The molecular formula is C8H21O4P. The number of unbranched alkanes of at least 4 members (excludes halogenated alkanes) is 5. The zero-order chi connectivity index (χ0) is 10.5. The summed E-state index contributed by atoms with van der Waals surface area (Å²) >= 11 is 0. The summed E-state index contributed by atoms with van der Waals surface area (Å²) in [7, 11) is -2.62. The second-order valence-corrected chi connectivity index (χ2v) is 3.30. The molecule has 0 bridgehead atoms. The lowest BCUT2D eigenvalue weighted by molar-refractivity contribution is 0.282. The zero-order valence-electron chi connectivity index (χ0n) is 8.19. The van der Waals surface area contributed by atoms with Crippen LogP contribution in [-0.4, -0.2) is 26.4 Å². The largest absolute Gasteiger partial charge is 0.396 e. The van der Waals surface area contributed by atoms with E-state index in [0.29, 0.717) is 6.61 Å². The Hall–Kier alpha value is 0.270. The summed E-state index contributed by atoms with van der Waals surface area (Å²) in [6.45, 7) is 2.58. The van der Waals surface area contributed by atoms with E-state index in [0.717, 1.165) is 6.42 Å². The first-order valence-corrected chi connectivity index (χ1v) is 5.82. The number of rotatable bonds is 6. The maximum atomic E-state index is 8.42. The zero-order valence-corrected chi connectivity index (χ0v) is 9.08. The average molecular weight is 212 g/mol. The van der Waals surface area contributed by atoms with Gasteiger partial charge in [-0.2, -0.15) is 0 Å². The Morgan fingerprint density at radius 1 is 0.846 bits per heavy atom. The van der Waals surface area contributed by atoms with Gasteiger partial charge in [0.15, 0.2) is 0 Å². The van der Waals surface area contributed by atoms with Crippen molar-refractivity contribution in [3.05, 3.63) is 0 Å². The van der Waals surface area contributed by atoms with E-state index in [2.05, 4.69) is 6.92 Å². The van der Waals surface area contributed by atoms with Crippen LogP contribution in [0.2, 0.25) is 0 Å². The lowest BCUT2D eigenvalue weighted by atomic mass is 10.1. The number of aliphatic hydroxyl groups is 1. The Labute approximate surface area is 81.2 Å². The van der Waals surface area contributed by atoms with Gasteiger partial charge >= 0.3 is 8.60 Å². The molecule has 0 aromatic carbocycles. The molecule has 0 atom stereocenters. The van der Waals surface area contributed by atoms with Crippen molar-refractivity contribution in [1.82, 2.24) is 0 Å². The van der Waals surface area contributed by atoms with E-state index < -0.39 is 8.60 Å². The molecule has 0 unspecified atom stereocenters. The van der Waals surface area contributed by atoms with Gasteiger partial charge in [-0.15, -0.1) is 0 Å². The minimum absolute atomic E-state index is 0.367. The lowest BCUT2D eigenvalue weighted by Crippen LogP contribution is -1.82. The highest BCUT2D eigenvalue weighted by Gasteiger charge is 1.86. The first kappa shape index (κ1) is 15.7. The molecule has 4 nitrogen and oxygen atoms in total. The topological polar surface area (TPSA) is 80.9 Å². The van der Waals surface area contributed by atoms with Crippen LogP contribution < -0.4 is 0 Å². The van der Waals surface area contributed by atoms with E-state index >= 15 is 0 Å². The fourth-order valence-corrected chi connectivity index (χ4v) is 0.892. The minimum atomic E-state index is -2.62. The number of hydrogen-bond donors (Lipinski definition) is 4. The van der Waals surface area contributed by atoms with Crippen molar-refractivity contribution in [2.45, 2.75) is 45.4 Å². The summed E-state index contributed by atoms with van der Waals surface area (Å²) in [6.07, 6.45) is 7.50. The van der Waals surface area contributed by atoms with Crippen LogP contribution in [0.25, 0.3) is 0 Å². The van der Waals surface area contributed by atoms with Gasteiger partial charge in [-0.3, -0.25) is 0 Å². The van der Waals surface area contributed by atoms with Crippen LogP contribution in [0.3, 0.4) is 0 Å². The molecule has 0 aromatic heterocycles. The molecule has 13 heavy (non-hydrogen) atoms. The standard InChI is InChI=1S/C8H18O.H3O3P/c1-2-3-4-5-6-7-8-9;1-4(2)3/h9H,2-8H2,1H3;1-3H. The minimum Gasteiger partial charge on any atom is -0.396 e. The van der Waals surface area contributed by atoms with Crippen LogP contribution in [0.1, 0.15) is 45.4 Å². The first-order valence-electron chi connectivity index (χ1n) is 4.62. The summed E-state index contributed by atoms with van der Waals surface area (Å²) in [4.78, 5) is 21.7. The third-order valence-corrected chi connectivity index (χ3v) is 1.51. The molecule has 0 fully saturated rings. The van der Waals surface area contributed by atoms with Gasteiger partial charge < -0.3 is 19.8 Å². The molecule has 0 radical (unpaired) electrons. The maximum Gasteiger partial charge on any atom is 0.324 e. The molecule has 82 valence electrons. The second-order valence-electron chi connectivity index (χ2n) is 2.76. The molecule has 0 spiro atoms. The van der Waals surface area contributed by atoms with E-state index in [1.165, 1.54) is 32.1 Å². The van der Waals surface area contributed by atoms with Crippen molar-refractivity contribution >= 4 is 8.60 Å². The van der Waals surface area contributed by atoms with Crippen molar-refractivity contribution in [1.29, 1.82) is 0 Å². The van der Waals surface area contributed by atoms with E-state index in [9.17, 15) is 0 Å². The molecule has 0 rings (SSSR count). The summed E-state index contributed by atoms with van der Waals surface area (Å²) in [6, 6.07) is 0. The van der Waals surface area contributed by atoms with Gasteiger partial charge in [-0.1, -0.05) is 39.0 Å². The first-order chi connectivity index (χ1) is 6.15. The quantitative estimate of drug-likeness (QED) is 0.397. The van der Waals surface area contributed by atoms with Crippen molar-refractivity contribution in [3.8, 4) is 0 Å². The molecule has 0 saturated heterocycles. The fourth-order valence-electron chi connectivity index (χ4n) is 0.892. The predicted octanol–water partition coefficient (Wildman–Crippen LogP) is 1.53. The highest BCUT2D eigenvalue weighted by Crippen LogP contribution is 2.11. The summed E-state index contributed by atoms with van der Waals surface area (Å²) < 4.78 is 0. The Morgan fingerprint density at radius 2 is 1.23 bits per heavy atom. The van der Waals surface area contributed by atoms with Crippen LogP contribution in [-0.2, 0) is 0 Å². The molecule has 0 aliphatic heterocycles. The highest BCUT2D eigenvalue weighted by atomic mass is 31.2. The van der Waals surface area contributed by atoms with E-state index in [1.54, 1.807) is 0 Å². The monoisotopic (exact) mass is 212 g/mol. The third kappa shape index (κ3) is 32.9. The van der Waals surface area contributed by atoms with Crippen LogP contribution in [0.5, 0.6) is 0 Å². The molecule has 4 N–H and O–H groups in total. The smallest absolute Gasteiger partial charge is 0.324 e. The Bertz CT molecular complexity index is 71.8. The Balaban J connectivity index is 0. The van der Waals surface area contributed by atoms with E-state index in [-0.39, 0.29) is 0 Å². The van der Waals surface area contributed by atoms with Gasteiger partial charge in [0.05, 0.1) is 0 Å². The molecule has 0 aliphatic rings. The Kier molecular flexibility index (Phi) is 17.9. The SMILES string of the molecule is CCCCCCCCO.OP(O)O. The van der Waals surface area contributed by atoms with Gasteiger partial charge in [0.1, 0.15) is 0 Å². The molecule has 0 aliphatic carbocycles. The van der Waals surface area contributed by atoms with Gasteiger partial charge in [-0.25, -0.2) is 0 Å². The molecule has 0 heterocycles. The van der Waals surface area contributed by atoms with E-state index in [1.807, 2.05) is 0 Å². The van der Waals surface area contributed by atoms with Crippen LogP contribution >= 0.6 is 8.60 Å². The normalized spacial score (nSPS) is 9.69. The fraction of sp³-hybridized carbons (Fsp3) is 1.00. The molecule has 0 aromatic rings. The second kappa shape index (κ2) is 14.8. The summed E-state index contributed by atoms with van der Waals surface area (Å²) in [5.41, 5.74) is 0. The third-order valence-electron chi connectivity index (χ3n) is 1.51. The van der Waals surface area contributed by atoms with Crippen molar-refractivity contribution < 1.29 is 19.8 Å². The number of aliphatic hydroxyl groups excluding tert-OH is 1. The number of hydrogen-bond acceptors (Lipinski definition) is 4. The van der Waals surface area contributed by atoms with Gasteiger partial charge in [0.25, 0.3) is 0 Å². The molecule has 0 saturated carbocycles. The van der Waals surface area contributed by atoms with Gasteiger partial charge in [-0.05, 0) is 6.42 Å². The van der Waals surface area contributed by atoms with Crippen molar-refractivity contribution in [2.75, 3.05) is 6.61 Å². The highest BCUT2D eigenvalue weighted by molar-refractivity contribution is 7.38. The van der Waals surface area contributed by atoms with Gasteiger partial charge in [0, 0.05) is 6.61 Å².